The minimum absolute atomic E-state index is 0.0778. The van der Waals surface area contributed by atoms with Gasteiger partial charge in [0.05, 0.1) is 11.6 Å². The standard InChI is InChI=1S/C15H14N2O3S/c18-13(10-2-1-3-11(8-10)15(19)20)17-12(9-4-5-9)14-16-6-7-21-14/h1-3,6-9,12H,4-5H2,(H,17,18)(H,19,20)/t12-/m1/s1. The Labute approximate surface area is 125 Å². The quantitative estimate of drug-likeness (QED) is 0.890. The van der Waals surface area contributed by atoms with Crippen molar-refractivity contribution in [3.05, 3.63) is 52.0 Å². The van der Waals surface area contributed by atoms with Crippen molar-refractivity contribution in [3.63, 3.8) is 0 Å². The monoisotopic (exact) mass is 302 g/mol. The third-order valence-corrected chi connectivity index (χ3v) is 4.33. The lowest BCUT2D eigenvalue weighted by molar-refractivity contribution is 0.0697. The molecule has 1 aromatic heterocycles. The molecule has 1 saturated carbocycles. The number of rotatable bonds is 5. The average Bonchev–Trinajstić information content (AvgIpc) is 3.18. The van der Waals surface area contributed by atoms with E-state index in [1.54, 1.807) is 18.3 Å². The van der Waals surface area contributed by atoms with Crippen LogP contribution in [0.15, 0.2) is 35.8 Å². The minimum atomic E-state index is -1.04. The molecule has 1 aliphatic rings. The molecule has 108 valence electrons. The van der Waals surface area contributed by atoms with E-state index in [-0.39, 0.29) is 17.5 Å². The van der Waals surface area contributed by atoms with Crippen LogP contribution >= 0.6 is 11.3 Å². The number of nitrogens with zero attached hydrogens (tertiary/aromatic N) is 1. The summed E-state index contributed by atoms with van der Waals surface area (Å²) < 4.78 is 0. The summed E-state index contributed by atoms with van der Waals surface area (Å²) in [6, 6.07) is 5.98. The molecule has 3 rings (SSSR count). The SMILES string of the molecule is O=C(O)c1cccc(C(=O)N[C@@H](c2nccs2)C2CC2)c1. The first-order chi connectivity index (χ1) is 10.1. The Morgan fingerprint density at radius 2 is 2.10 bits per heavy atom. The summed E-state index contributed by atoms with van der Waals surface area (Å²) in [5.74, 6) is -0.865. The predicted octanol–water partition coefficient (Wildman–Crippen LogP) is 2.72. The molecule has 0 spiro atoms. The summed E-state index contributed by atoms with van der Waals surface area (Å²) in [5, 5.41) is 14.8. The van der Waals surface area contributed by atoms with E-state index in [2.05, 4.69) is 10.3 Å². The maximum Gasteiger partial charge on any atom is 0.335 e. The Bertz CT molecular complexity index is 665. The summed E-state index contributed by atoms with van der Waals surface area (Å²) in [4.78, 5) is 27.6. The molecule has 1 atom stereocenters. The van der Waals surface area contributed by atoms with Gasteiger partial charge in [-0.25, -0.2) is 9.78 Å². The lowest BCUT2D eigenvalue weighted by atomic mass is 10.1. The Balaban J connectivity index is 1.78. The highest BCUT2D eigenvalue weighted by Crippen LogP contribution is 2.41. The normalized spacial score (nSPS) is 15.4. The number of hydrogen-bond donors (Lipinski definition) is 2. The predicted molar refractivity (Wildman–Crippen MR) is 78.4 cm³/mol. The van der Waals surface area contributed by atoms with Gasteiger partial charge >= 0.3 is 5.97 Å². The number of amides is 1. The lowest BCUT2D eigenvalue weighted by Gasteiger charge is -2.16. The third kappa shape index (κ3) is 3.11. The number of hydrogen-bond acceptors (Lipinski definition) is 4. The molecule has 6 heteroatoms. The molecule has 0 radical (unpaired) electrons. The maximum atomic E-state index is 12.3. The Morgan fingerprint density at radius 3 is 2.71 bits per heavy atom. The second-order valence-electron chi connectivity index (χ2n) is 5.04. The molecule has 1 aromatic carbocycles. The van der Waals surface area contributed by atoms with Gasteiger partial charge in [0.2, 0.25) is 0 Å². The van der Waals surface area contributed by atoms with Crippen LogP contribution in [-0.4, -0.2) is 22.0 Å². The van der Waals surface area contributed by atoms with E-state index < -0.39 is 5.97 Å². The van der Waals surface area contributed by atoms with Crippen molar-refractivity contribution in [2.45, 2.75) is 18.9 Å². The van der Waals surface area contributed by atoms with Crippen LogP contribution in [0.5, 0.6) is 0 Å². The molecule has 21 heavy (non-hydrogen) atoms. The summed E-state index contributed by atoms with van der Waals surface area (Å²) >= 11 is 1.52. The van der Waals surface area contributed by atoms with Crippen LogP contribution in [0, 0.1) is 5.92 Å². The molecular weight excluding hydrogens is 288 g/mol. The number of aromatic carboxylic acids is 1. The molecule has 5 nitrogen and oxygen atoms in total. The number of carbonyl (C=O) groups is 2. The van der Waals surface area contributed by atoms with Gasteiger partial charge in [0, 0.05) is 17.1 Å². The molecule has 0 unspecified atom stereocenters. The number of aromatic nitrogens is 1. The second-order valence-corrected chi connectivity index (χ2v) is 5.97. The van der Waals surface area contributed by atoms with E-state index in [0.29, 0.717) is 11.5 Å². The minimum Gasteiger partial charge on any atom is -0.478 e. The lowest BCUT2D eigenvalue weighted by Crippen LogP contribution is -2.30. The van der Waals surface area contributed by atoms with Gasteiger partial charge in [0.25, 0.3) is 5.91 Å². The molecule has 0 saturated heterocycles. The van der Waals surface area contributed by atoms with Crippen molar-refractivity contribution < 1.29 is 14.7 Å². The highest BCUT2D eigenvalue weighted by Gasteiger charge is 2.35. The summed E-state index contributed by atoms with van der Waals surface area (Å²) in [5.41, 5.74) is 0.469. The highest BCUT2D eigenvalue weighted by atomic mass is 32.1. The number of benzene rings is 1. The van der Waals surface area contributed by atoms with Gasteiger partial charge in [-0.15, -0.1) is 11.3 Å². The van der Waals surface area contributed by atoms with Gasteiger partial charge in [-0.1, -0.05) is 6.07 Å². The van der Waals surface area contributed by atoms with Crippen LogP contribution in [0.4, 0.5) is 0 Å². The Morgan fingerprint density at radius 1 is 1.33 bits per heavy atom. The highest BCUT2D eigenvalue weighted by molar-refractivity contribution is 7.09. The number of thiazole rings is 1. The van der Waals surface area contributed by atoms with E-state index in [4.69, 9.17) is 5.11 Å². The van der Waals surface area contributed by atoms with E-state index in [1.165, 1.54) is 23.5 Å². The largest absolute Gasteiger partial charge is 0.478 e. The van der Waals surface area contributed by atoms with E-state index in [0.717, 1.165) is 17.8 Å². The zero-order valence-corrected chi connectivity index (χ0v) is 12.0. The van der Waals surface area contributed by atoms with Gasteiger partial charge in [0.1, 0.15) is 5.01 Å². The van der Waals surface area contributed by atoms with Gasteiger partial charge < -0.3 is 10.4 Å². The average molecular weight is 302 g/mol. The van der Waals surface area contributed by atoms with Crippen LogP contribution in [0.2, 0.25) is 0 Å². The molecule has 1 heterocycles. The first-order valence-electron chi connectivity index (χ1n) is 6.69. The van der Waals surface area contributed by atoms with Crippen LogP contribution < -0.4 is 5.32 Å². The van der Waals surface area contributed by atoms with E-state index in [9.17, 15) is 9.59 Å². The van der Waals surface area contributed by atoms with E-state index in [1.807, 2.05) is 5.38 Å². The number of carbonyl (C=O) groups excluding carboxylic acids is 1. The van der Waals surface area contributed by atoms with Crippen molar-refractivity contribution in [2.75, 3.05) is 0 Å². The molecule has 1 fully saturated rings. The summed E-state index contributed by atoms with van der Waals surface area (Å²) in [7, 11) is 0. The van der Waals surface area contributed by atoms with Crippen molar-refractivity contribution in [2.24, 2.45) is 5.92 Å². The molecule has 0 aliphatic heterocycles. The zero-order valence-electron chi connectivity index (χ0n) is 11.2. The first-order valence-corrected chi connectivity index (χ1v) is 7.57. The molecule has 1 aliphatic carbocycles. The maximum absolute atomic E-state index is 12.3. The number of carboxylic acids is 1. The van der Waals surface area contributed by atoms with Crippen LogP contribution in [0.25, 0.3) is 0 Å². The molecular formula is C15H14N2O3S. The molecule has 2 N–H and O–H groups in total. The fraction of sp³-hybridized carbons (Fsp3) is 0.267. The molecule has 1 amide bonds. The fourth-order valence-electron chi connectivity index (χ4n) is 2.22. The molecule has 2 aromatic rings. The fourth-order valence-corrected chi connectivity index (χ4v) is 3.00. The number of carboxylic acid groups (broad SMARTS) is 1. The van der Waals surface area contributed by atoms with Crippen LogP contribution in [-0.2, 0) is 0 Å². The van der Waals surface area contributed by atoms with Crippen molar-refractivity contribution in [1.29, 1.82) is 0 Å². The summed E-state index contributed by atoms with van der Waals surface area (Å²) in [6.45, 7) is 0. The van der Waals surface area contributed by atoms with Crippen LogP contribution in [0.3, 0.4) is 0 Å². The van der Waals surface area contributed by atoms with Gasteiger partial charge in [-0.05, 0) is 37.0 Å². The molecule has 0 bridgehead atoms. The Kier molecular flexibility index (Phi) is 3.70. The van der Waals surface area contributed by atoms with Crippen LogP contribution in [0.1, 0.15) is 44.6 Å². The Hall–Kier alpha value is -2.21. The smallest absolute Gasteiger partial charge is 0.335 e. The van der Waals surface area contributed by atoms with Crippen molar-refractivity contribution in [1.82, 2.24) is 10.3 Å². The number of nitrogens with one attached hydrogen (secondary N) is 1. The summed E-state index contributed by atoms with van der Waals surface area (Å²) in [6.07, 6.45) is 3.89. The van der Waals surface area contributed by atoms with E-state index >= 15 is 0 Å². The van der Waals surface area contributed by atoms with Crippen molar-refractivity contribution in [3.8, 4) is 0 Å². The second kappa shape index (κ2) is 5.65. The van der Waals surface area contributed by atoms with Gasteiger partial charge in [-0.3, -0.25) is 4.79 Å². The third-order valence-electron chi connectivity index (χ3n) is 3.47. The van der Waals surface area contributed by atoms with Gasteiger partial charge in [-0.2, -0.15) is 0 Å². The zero-order chi connectivity index (χ0) is 14.8. The topological polar surface area (TPSA) is 79.3 Å². The van der Waals surface area contributed by atoms with Crippen molar-refractivity contribution >= 4 is 23.2 Å². The first kappa shape index (κ1) is 13.8. The van der Waals surface area contributed by atoms with Gasteiger partial charge in [0.15, 0.2) is 0 Å².